The second-order valence-electron chi connectivity index (χ2n) is 6.78. The maximum Gasteiger partial charge on any atom is 0.433 e. The Morgan fingerprint density at radius 1 is 1.18 bits per heavy atom. The molecule has 2 heterocycles. The van der Waals surface area contributed by atoms with E-state index in [9.17, 15) is 23.1 Å². The van der Waals surface area contributed by atoms with Crippen LogP contribution in [0.1, 0.15) is 41.7 Å². The van der Waals surface area contributed by atoms with E-state index in [1.165, 1.54) is 6.20 Å². The molecule has 0 aliphatic heterocycles. The molecular weight excluding hydrogens is 373 g/mol. The van der Waals surface area contributed by atoms with Crippen molar-refractivity contribution in [1.29, 1.82) is 0 Å². The summed E-state index contributed by atoms with van der Waals surface area (Å²) in [6, 6.07) is 5.12. The number of alkyl halides is 3. The average molecular weight is 394 g/mol. The number of nitrogens with zero attached hydrogens (tertiary/aromatic N) is 2. The largest absolute Gasteiger partial charge is 0.433 e. The Kier molecular flexibility index (Phi) is 6.13. The zero-order valence-electron chi connectivity index (χ0n) is 15.0. The molecule has 0 aromatic carbocycles. The first kappa shape index (κ1) is 20.1. The van der Waals surface area contributed by atoms with E-state index in [0.29, 0.717) is 12.4 Å². The highest BCUT2D eigenvalue weighted by Gasteiger charge is 2.32. The number of aliphatic hydroxyl groups is 1. The van der Waals surface area contributed by atoms with Crippen molar-refractivity contribution in [2.24, 2.45) is 5.92 Å². The molecule has 3 N–H and O–H groups in total. The predicted molar refractivity (Wildman–Crippen MR) is 97.9 cm³/mol. The number of halogens is 3. The Morgan fingerprint density at radius 3 is 2.64 bits per heavy atom. The molecule has 2 atom stereocenters. The third-order valence-corrected chi connectivity index (χ3v) is 4.76. The second-order valence-corrected chi connectivity index (χ2v) is 6.78. The minimum absolute atomic E-state index is 0.0887. The summed E-state index contributed by atoms with van der Waals surface area (Å²) in [7, 11) is 0. The summed E-state index contributed by atoms with van der Waals surface area (Å²) in [6.07, 6.45) is 1.32. The lowest BCUT2D eigenvalue weighted by Crippen LogP contribution is -2.31. The van der Waals surface area contributed by atoms with Crippen LogP contribution in [0.5, 0.6) is 0 Å². The van der Waals surface area contributed by atoms with E-state index >= 15 is 0 Å². The molecule has 0 radical (unpaired) electrons. The number of aromatic nitrogens is 2. The number of nitrogens with one attached hydrogen (secondary N) is 2. The Balaban J connectivity index is 1.67. The van der Waals surface area contributed by atoms with Gasteiger partial charge in [-0.1, -0.05) is 12.8 Å². The van der Waals surface area contributed by atoms with E-state index in [2.05, 4.69) is 20.6 Å². The lowest BCUT2D eigenvalue weighted by atomic mass is 9.86. The van der Waals surface area contributed by atoms with Crippen molar-refractivity contribution < 1.29 is 23.1 Å². The molecule has 3 rings (SSSR count). The van der Waals surface area contributed by atoms with E-state index in [1.807, 2.05) is 0 Å². The summed E-state index contributed by atoms with van der Waals surface area (Å²) in [6.45, 7) is 0.486. The molecule has 1 aliphatic carbocycles. The molecular formula is C19H21F3N4O2. The van der Waals surface area contributed by atoms with Crippen LogP contribution in [0.15, 0.2) is 36.7 Å². The summed E-state index contributed by atoms with van der Waals surface area (Å²) in [5.74, 6) is -0.0650. The zero-order chi connectivity index (χ0) is 20.1. The molecule has 6 nitrogen and oxygen atoms in total. The maximum absolute atomic E-state index is 12.6. The van der Waals surface area contributed by atoms with Gasteiger partial charge in [0.2, 0.25) is 0 Å². The van der Waals surface area contributed by atoms with Gasteiger partial charge in [-0.05, 0) is 37.1 Å². The number of hydrogen-bond acceptors (Lipinski definition) is 5. The predicted octanol–water partition coefficient (Wildman–Crippen LogP) is 3.71. The van der Waals surface area contributed by atoms with Gasteiger partial charge in [-0.25, -0.2) is 9.97 Å². The quantitative estimate of drug-likeness (QED) is 0.720. The molecule has 150 valence electrons. The molecule has 1 aliphatic rings. The Hall–Kier alpha value is -2.68. The Labute approximate surface area is 160 Å². The monoisotopic (exact) mass is 394 g/mol. The molecule has 9 heteroatoms. The van der Waals surface area contributed by atoms with Gasteiger partial charge >= 0.3 is 6.18 Å². The summed E-state index contributed by atoms with van der Waals surface area (Å²) in [5, 5.41) is 15.7. The summed E-state index contributed by atoms with van der Waals surface area (Å²) in [5.41, 5.74) is -0.622. The van der Waals surface area contributed by atoms with Gasteiger partial charge in [-0.15, -0.1) is 0 Å². The first-order valence-corrected chi connectivity index (χ1v) is 9.06. The van der Waals surface area contributed by atoms with Gasteiger partial charge in [-0.2, -0.15) is 13.2 Å². The van der Waals surface area contributed by atoms with Crippen molar-refractivity contribution in [3.8, 4) is 0 Å². The number of aliphatic hydroxyl groups excluding tert-OH is 1. The molecule has 28 heavy (non-hydrogen) atoms. The molecule has 2 unspecified atom stereocenters. The van der Waals surface area contributed by atoms with Crippen molar-refractivity contribution in [2.75, 3.05) is 17.2 Å². The molecule has 0 saturated heterocycles. The third kappa shape index (κ3) is 4.98. The van der Waals surface area contributed by atoms with E-state index in [1.54, 1.807) is 12.1 Å². The molecule has 1 saturated carbocycles. The van der Waals surface area contributed by atoms with Crippen molar-refractivity contribution in [2.45, 2.75) is 38.0 Å². The van der Waals surface area contributed by atoms with Crippen LogP contribution in [0.3, 0.4) is 0 Å². The standard InChI is InChI=1S/C19H21F3N4O2/c20-19(21,22)16-8-7-13(11-24-16)26-18(28)14-5-3-9-23-17(14)25-10-12-4-1-2-6-15(12)27/h3,5,7-9,11-12,15,27H,1-2,4,6,10H2,(H,23,25)(H,26,28). The van der Waals surface area contributed by atoms with Crippen molar-refractivity contribution >= 4 is 17.4 Å². The third-order valence-electron chi connectivity index (χ3n) is 4.76. The first-order valence-electron chi connectivity index (χ1n) is 9.06. The number of anilines is 2. The SMILES string of the molecule is O=C(Nc1ccc(C(F)(F)F)nc1)c1cccnc1NCC1CCCCC1O. The van der Waals surface area contributed by atoms with Gasteiger partial charge in [0, 0.05) is 18.7 Å². The Morgan fingerprint density at radius 2 is 1.96 bits per heavy atom. The van der Waals surface area contributed by atoms with Crippen LogP contribution in [-0.4, -0.2) is 33.6 Å². The minimum atomic E-state index is -4.54. The van der Waals surface area contributed by atoms with Gasteiger partial charge in [0.25, 0.3) is 5.91 Å². The van der Waals surface area contributed by atoms with Crippen LogP contribution in [0.2, 0.25) is 0 Å². The van der Waals surface area contributed by atoms with Gasteiger partial charge in [0.1, 0.15) is 11.5 Å². The van der Waals surface area contributed by atoms with Crippen LogP contribution in [0.25, 0.3) is 0 Å². The van der Waals surface area contributed by atoms with Crippen LogP contribution in [-0.2, 0) is 6.18 Å². The number of carbonyl (C=O) groups is 1. The lowest BCUT2D eigenvalue weighted by molar-refractivity contribution is -0.141. The molecule has 0 bridgehead atoms. The van der Waals surface area contributed by atoms with E-state index in [0.717, 1.165) is 44.0 Å². The number of hydrogen-bond donors (Lipinski definition) is 3. The lowest BCUT2D eigenvalue weighted by Gasteiger charge is -2.28. The van der Waals surface area contributed by atoms with E-state index in [4.69, 9.17) is 0 Å². The van der Waals surface area contributed by atoms with Crippen molar-refractivity contribution in [3.63, 3.8) is 0 Å². The van der Waals surface area contributed by atoms with Crippen LogP contribution in [0, 0.1) is 5.92 Å². The molecule has 2 aromatic heterocycles. The maximum atomic E-state index is 12.6. The summed E-state index contributed by atoms with van der Waals surface area (Å²) in [4.78, 5) is 20.0. The minimum Gasteiger partial charge on any atom is -0.393 e. The molecule has 2 aromatic rings. The van der Waals surface area contributed by atoms with Gasteiger partial charge < -0.3 is 15.7 Å². The van der Waals surface area contributed by atoms with Crippen molar-refractivity contribution in [1.82, 2.24) is 9.97 Å². The van der Waals surface area contributed by atoms with Gasteiger partial charge in [0.15, 0.2) is 0 Å². The number of amides is 1. The second kappa shape index (κ2) is 8.55. The fourth-order valence-electron chi connectivity index (χ4n) is 3.22. The average Bonchev–Trinajstić information content (AvgIpc) is 2.67. The number of rotatable bonds is 5. The smallest absolute Gasteiger partial charge is 0.393 e. The van der Waals surface area contributed by atoms with Crippen molar-refractivity contribution in [3.05, 3.63) is 47.9 Å². The van der Waals surface area contributed by atoms with Crippen LogP contribution >= 0.6 is 0 Å². The van der Waals surface area contributed by atoms with Gasteiger partial charge in [0.05, 0.1) is 23.6 Å². The Bertz CT molecular complexity index is 812. The van der Waals surface area contributed by atoms with Crippen LogP contribution < -0.4 is 10.6 Å². The first-order chi connectivity index (χ1) is 13.3. The van der Waals surface area contributed by atoms with E-state index < -0.39 is 17.8 Å². The summed E-state index contributed by atoms with van der Waals surface area (Å²) < 4.78 is 37.7. The highest BCUT2D eigenvalue weighted by Crippen LogP contribution is 2.28. The zero-order valence-corrected chi connectivity index (χ0v) is 15.0. The van der Waals surface area contributed by atoms with Crippen LogP contribution in [0.4, 0.5) is 24.7 Å². The normalized spacial score (nSPS) is 19.9. The fraction of sp³-hybridized carbons (Fsp3) is 0.421. The number of pyridine rings is 2. The highest BCUT2D eigenvalue weighted by molar-refractivity contribution is 6.07. The van der Waals surface area contributed by atoms with E-state index in [-0.39, 0.29) is 23.3 Å². The number of carbonyl (C=O) groups excluding carboxylic acids is 1. The molecule has 1 fully saturated rings. The topological polar surface area (TPSA) is 87.1 Å². The molecule has 0 spiro atoms. The highest BCUT2D eigenvalue weighted by atomic mass is 19.4. The van der Waals surface area contributed by atoms with Gasteiger partial charge in [-0.3, -0.25) is 4.79 Å². The summed E-state index contributed by atoms with van der Waals surface area (Å²) >= 11 is 0. The molecule has 1 amide bonds. The fourth-order valence-corrected chi connectivity index (χ4v) is 3.22.